The second-order valence-electron chi connectivity index (χ2n) is 4.21. The van der Waals surface area contributed by atoms with Crippen LogP contribution in [0.4, 0.5) is 10.1 Å². The average molecular weight is 293 g/mol. The van der Waals surface area contributed by atoms with Gasteiger partial charge in [-0.25, -0.2) is 9.07 Å². The molecular weight excluding hydrogens is 281 g/mol. The number of primary amides is 1. The topological polar surface area (TPSA) is 123 Å². The molecule has 0 aliphatic rings. The number of carboxylic acids is 1. The highest BCUT2D eigenvalue weighted by molar-refractivity contribution is 5.93. The number of aliphatic carboxylic acids is 1. The monoisotopic (exact) mass is 293 g/mol. The van der Waals surface area contributed by atoms with Gasteiger partial charge in [0.1, 0.15) is 18.1 Å². The van der Waals surface area contributed by atoms with Gasteiger partial charge in [-0.3, -0.25) is 9.59 Å². The maximum Gasteiger partial charge on any atom is 0.325 e. The second-order valence-corrected chi connectivity index (χ2v) is 4.21. The van der Waals surface area contributed by atoms with Crippen LogP contribution in [0.15, 0.2) is 24.4 Å². The third kappa shape index (κ3) is 3.75. The number of anilines is 1. The standard InChI is InChI=1S/C12H12FN5O3/c13-9-3-7(12(14)21)1-2-10(9)15-4-8-5-18(17-16-8)6-11(19)20/h1-3,5,15H,4,6H2,(H2,14,21)(H,19,20). The Morgan fingerprint density at radius 3 is 2.81 bits per heavy atom. The molecule has 1 heterocycles. The molecule has 0 spiro atoms. The molecule has 0 aliphatic heterocycles. The first-order valence-corrected chi connectivity index (χ1v) is 5.89. The number of aromatic nitrogens is 3. The minimum Gasteiger partial charge on any atom is -0.480 e. The van der Waals surface area contributed by atoms with Crippen molar-refractivity contribution in [2.45, 2.75) is 13.1 Å². The van der Waals surface area contributed by atoms with Crippen molar-refractivity contribution >= 4 is 17.6 Å². The maximum absolute atomic E-state index is 13.7. The predicted molar refractivity (Wildman–Crippen MR) is 69.9 cm³/mol. The van der Waals surface area contributed by atoms with Gasteiger partial charge < -0.3 is 16.2 Å². The summed E-state index contributed by atoms with van der Waals surface area (Å²) in [6.45, 7) is -0.138. The van der Waals surface area contributed by atoms with Crippen LogP contribution < -0.4 is 11.1 Å². The van der Waals surface area contributed by atoms with Crippen LogP contribution in [0, 0.1) is 5.82 Å². The van der Waals surface area contributed by atoms with E-state index < -0.39 is 17.7 Å². The number of rotatable bonds is 6. The molecule has 2 aromatic rings. The summed E-state index contributed by atoms with van der Waals surface area (Å²) in [7, 11) is 0. The van der Waals surface area contributed by atoms with E-state index in [1.807, 2.05) is 0 Å². The van der Waals surface area contributed by atoms with Crippen molar-refractivity contribution < 1.29 is 19.1 Å². The molecule has 4 N–H and O–H groups in total. The molecule has 0 unspecified atom stereocenters. The van der Waals surface area contributed by atoms with Gasteiger partial charge in [-0.05, 0) is 18.2 Å². The van der Waals surface area contributed by atoms with Crippen LogP contribution in [0.25, 0.3) is 0 Å². The molecule has 0 aliphatic carbocycles. The van der Waals surface area contributed by atoms with Crippen LogP contribution in [0.2, 0.25) is 0 Å². The molecule has 8 nitrogen and oxygen atoms in total. The Balaban J connectivity index is 2.01. The number of nitrogens with two attached hydrogens (primary N) is 1. The fourth-order valence-corrected chi connectivity index (χ4v) is 1.63. The van der Waals surface area contributed by atoms with E-state index in [9.17, 15) is 14.0 Å². The van der Waals surface area contributed by atoms with E-state index in [2.05, 4.69) is 15.6 Å². The zero-order valence-corrected chi connectivity index (χ0v) is 10.8. The Morgan fingerprint density at radius 2 is 2.19 bits per heavy atom. The van der Waals surface area contributed by atoms with Crippen molar-refractivity contribution in [1.29, 1.82) is 0 Å². The Bertz CT molecular complexity index is 685. The zero-order chi connectivity index (χ0) is 15.4. The summed E-state index contributed by atoms with van der Waals surface area (Å²) >= 11 is 0. The minimum atomic E-state index is -1.03. The lowest BCUT2D eigenvalue weighted by molar-refractivity contribution is -0.137. The molecule has 0 fully saturated rings. The normalized spacial score (nSPS) is 10.3. The highest BCUT2D eigenvalue weighted by Gasteiger charge is 2.08. The molecule has 0 atom stereocenters. The van der Waals surface area contributed by atoms with Gasteiger partial charge in [0.05, 0.1) is 18.4 Å². The number of nitrogens with one attached hydrogen (secondary N) is 1. The minimum absolute atomic E-state index is 0.0745. The lowest BCUT2D eigenvalue weighted by Crippen LogP contribution is -2.11. The second kappa shape index (κ2) is 5.99. The van der Waals surface area contributed by atoms with E-state index in [1.165, 1.54) is 18.3 Å². The van der Waals surface area contributed by atoms with Crippen LogP contribution >= 0.6 is 0 Å². The molecule has 9 heteroatoms. The van der Waals surface area contributed by atoms with E-state index in [0.717, 1.165) is 10.7 Å². The van der Waals surface area contributed by atoms with Gasteiger partial charge in [-0.1, -0.05) is 5.21 Å². The van der Waals surface area contributed by atoms with E-state index in [1.54, 1.807) is 0 Å². The quantitative estimate of drug-likeness (QED) is 0.699. The largest absolute Gasteiger partial charge is 0.480 e. The Kier molecular flexibility index (Phi) is 4.12. The zero-order valence-electron chi connectivity index (χ0n) is 10.8. The fourth-order valence-electron chi connectivity index (χ4n) is 1.63. The number of nitrogens with zero attached hydrogens (tertiary/aromatic N) is 3. The van der Waals surface area contributed by atoms with Crippen molar-refractivity contribution in [3.63, 3.8) is 0 Å². The molecule has 0 saturated heterocycles. The molecule has 1 aromatic carbocycles. The van der Waals surface area contributed by atoms with Crippen molar-refractivity contribution in [3.05, 3.63) is 41.5 Å². The summed E-state index contributed by atoms with van der Waals surface area (Å²) in [5, 5.41) is 18.7. The third-order valence-electron chi connectivity index (χ3n) is 2.60. The summed E-state index contributed by atoms with van der Waals surface area (Å²) in [6, 6.07) is 3.82. The summed E-state index contributed by atoms with van der Waals surface area (Å²) in [5.41, 5.74) is 5.75. The van der Waals surface area contributed by atoms with Gasteiger partial charge in [-0.2, -0.15) is 0 Å². The van der Waals surface area contributed by atoms with Gasteiger partial charge in [0.15, 0.2) is 0 Å². The number of carbonyl (C=O) groups excluding carboxylic acids is 1. The fraction of sp³-hybridized carbons (Fsp3) is 0.167. The maximum atomic E-state index is 13.7. The first kappa shape index (κ1) is 14.4. The number of amides is 1. The molecule has 2 rings (SSSR count). The van der Waals surface area contributed by atoms with E-state index in [-0.39, 0.29) is 24.3 Å². The Hall–Kier alpha value is -2.97. The number of benzene rings is 1. The summed E-state index contributed by atoms with van der Waals surface area (Å²) < 4.78 is 14.9. The molecule has 0 bridgehead atoms. The molecule has 0 saturated carbocycles. The van der Waals surface area contributed by atoms with Crippen molar-refractivity contribution in [1.82, 2.24) is 15.0 Å². The highest BCUT2D eigenvalue weighted by Crippen LogP contribution is 2.16. The number of carbonyl (C=O) groups is 2. The summed E-state index contributed by atoms with van der Waals surface area (Å²) in [5.74, 6) is -2.37. The van der Waals surface area contributed by atoms with Gasteiger partial charge >= 0.3 is 5.97 Å². The highest BCUT2D eigenvalue weighted by atomic mass is 19.1. The molecule has 21 heavy (non-hydrogen) atoms. The van der Waals surface area contributed by atoms with Crippen molar-refractivity contribution in [2.75, 3.05) is 5.32 Å². The molecule has 1 aromatic heterocycles. The molecule has 0 radical (unpaired) electrons. The SMILES string of the molecule is NC(=O)c1ccc(NCc2cn(CC(=O)O)nn2)c(F)c1. The number of carboxylic acid groups (broad SMARTS) is 1. The van der Waals surface area contributed by atoms with E-state index >= 15 is 0 Å². The molecule has 1 amide bonds. The molecular formula is C12H12FN5O3. The number of hydrogen-bond acceptors (Lipinski definition) is 5. The van der Waals surface area contributed by atoms with Crippen LogP contribution in [0.1, 0.15) is 16.1 Å². The third-order valence-corrected chi connectivity index (χ3v) is 2.60. The van der Waals surface area contributed by atoms with Crippen molar-refractivity contribution in [2.24, 2.45) is 5.73 Å². The van der Waals surface area contributed by atoms with Gasteiger partial charge in [0, 0.05) is 5.56 Å². The van der Waals surface area contributed by atoms with Gasteiger partial charge in [-0.15, -0.1) is 5.10 Å². The number of halogens is 1. The van der Waals surface area contributed by atoms with Crippen LogP contribution in [0.5, 0.6) is 0 Å². The average Bonchev–Trinajstić information content (AvgIpc) is 2.83. The first-order chi connectivity index (χ1) is 9.95. The summed E-state index contributed by atoms with van der Waals surface area (Å²) in [4.78, 5) is 21.4. The van der Waals surface area contributed by atoms with Crippen LogP contribution in [0.3, 0.4) is 0 Å². The van der Waals surface area contributed by atoms with Crippen molar-refractivity contribution in [3.8, 4) is 0 Å². The smallest absolute Gasteiger partial charge is 0.325 e. The van der Waals surface area contributed by atoms with E-state index in [4.69, 9.17) is 10.8 Å². The van der Waals surface area contributed by atoms with Crippen LogP contribution in [-0.4, -0.2) is 32.0 Å². The van der Waals surface area contributed by atoms with Gasteiger partial charge in [0.2, 0.25) is 5.91 Å². The molecule has 110 valence electrons. The number of hydrogen-bond donors (Lipinski definition) is 3. The van der Waals surface area contributed by atoms with E-state index in [0.29, 0.717) is 5.69 Å². The van der Waals surface area contributed by atoms with Crippen LogP contribution in [-0.2, 0) is 17.9 Å². The lowest BCUT2D eigenvalue weighted by Gasteiger charge is -2.06. The first-order valence-electron chi connectivity index (χ1n) is 5.89. The Morgan fingerprint density at radius 1 is 1.43 bits per heavy atom. The lowest BCUT2D eigenvalue weighted by atomic mass is 10.2. The predicted octanol–water partition coefficient (Wildman–Crippen LogP) is 0.213. The Labute approximate surface area is 118 Å². The van der Waals surface area contributed by atoms with Gasteiger partial charge in [0.25, 0.3) is 0 Å². The summed E-state index contributed by atoms with van der Waals surface area (Å²) in [6.07, 6.45) is 1.44.